The Bertz CT molecular complexity index is 1300. The predicted octanol–water partition coefficient (Wildman–Crippen LogP) is 5.10. The lowest BCUT2D eigenvalue weighted by Crippen LogP contribution is -2.27. The summed E-state index contributed by atoms with van der Waals surface area (Å²) >= 11 is 1.26. The highest BCUT2D eigenvalue weighted by molar-refractivity contribution is 8.00. The number of aromatic nitrogens is 2. The number of nitrogens with zero attached hydrogens (tertiary/aromatic N) is 4. The molecular formula is C23H17FN4O3S. The van der Waals surface area contributed by atoms with Crippen molar-refractivity contribution < 1.29 is 14.1 Å². The minimum absolute atomic E-state index is 0.0352. The number of anilines is 1. The molecule has 0 atom stereocenters. The first kappa shape index (κ1) is 21.4. The average Bonchev–Trinajstić information content (AvgIpc) is 2.82. The third-order valence-electron chi connectivity index (χ3n) is 4.93. The SMILES string of the molecule is CN(C(=O)CSc1nnc(-c2ccc(F)cc2)c2ccccc12)c1ccc([N+](=O)[O-])cc1. The Morgan fingerprint density at radius 2 is 1.66 bits per heavy atom. The zero-order valence-corrected chi connectivity index (χ0v) is 17.8. The standard InChI is InChI=1S/C23H17FN4O3S/c1-27(17-10-12-18(13-11-17)28(30)31)21(29)14-32-23-20-5-3-2-4-19(20)22(25-26-23)15-6-8-16(24)9-7-15/h2-13H,14H2,1H3. The number of hydrogen-bond donors (Lipinski definition) is 0. The van der Waals surface area contributed by atoms with Gasteiger partial charge < -0.3 is 4.90 Å². The highest BCUT2D eigenvalue weighted by atomic mass is 32.2. The van der Waals surface area contributed by atoms with E-state index >= 15 is 0 Å². The topological polar surface area (TPSA) is 89.2 Å². The van der Waals surface area contributed by atoms with Crippen LogP contribution in [0.15, 0.2) is 77.8 Å². The van der Waals surface area contributed by atoms with Crippen LogP contribution in [0.3, 0.4) is 0 Å². The van der Waals surface area contributed by atoms with Gasteiger partial charge in [0.1, 0.15) is 16.5 Å². The van der Waals surface area contributed by atoms with Gasteiger partial charge in [-0.2, -0.15) is 0 Å². The van der Waals surface area contributed by atoms with Crippen LogP contribution in [0, 0.1) is 15.9 Å². The molecule has 9 heteroatoms. The van der Waals surface area contributed by atoms with E-state index in [9.17, 15) is 19.3 Å². The van der Waals surface area contributed by atoms with Crippen molar-refractivity contribution >= 4 is 39.8 Å². The van der Waals surface area contributed by atoms with E-state index in [0.29, 0.717) is 16.4 Å². The van der Waals surface area contributed by atoms with Crippen LogP contribution in [-0.2, 0) is 4.79 Å². The van der Waals surface area contributed by atoms with Crippen LogP contribution in [0.1, 0.15) is 0 Å². The van der Waals surface area contributed by atoms with E-state index in [1.165, 1.54) is 53.1 Å². The Labute approximate surface area is 187 Å². The van der Waals surface area contributed by atoms with Gasteiger partial charge in [0, 0.05) is 41.2 Å². The summed E-state index contributed by atoms with van der Waals surface area (Å²) in [6.45, 7) is 0. The van der Waals surface area contributed by atoms with Crippen molar-refractivity contribution in [2.75, 3.05) is 17.7 Å². The molecule has 0 unspecified atom stereocenters. The quantitative estimate of drug-likeness (QED) is 0.232. The molecule has 0 bridgehead atoms. The number of nitro benzene ring substituents is 1. The molecule has 1 aromatic heterocycles. The van der Waals surface area contributed by atoms with Gasteiger partial charge in [-0.3, -0.25) is 14.9 Å². The van der Waals surface area contributed by atoms with E-state index in [-0.39, 0.29) is 23.2 Å². The van der Waals surface area contributed by atoms with Crippen molar-refractivity contribution in [3.63, 3.8) is 0 Å². The molecule has 0 aliphatic carbocycles. The summed E-state index contributed by atoms with van der Waals surface area (Å²) < 4.78 is 13.3. The van der Waals surface area contributed by atoms with Gasteiger partial charge >= 0.3 is 0 Å². The fourth-order valence-corrected chi connectivity index (χ4v) is 4.06. The number of amides is 1. The summed E-state index contributed by atoms with van der Waals surface area (Å²) in [6, 6.07) is 19.4. The van der Waals surface area contributed by atoms with Crippen molar-refractivity contribution in [3.05, 3.63) is 88.7 Å². The first-order chi connectivity index (χ1) is 15.4. The normalized spacial score (nSPS) is 10.8. The van der Waals surface area contributed by atoms with Crippen molar-refractivity contribution in [2.24, 2.45) is 0 Å². The zero-order valence-electron chi connectivity index (χ0n) is 16.9. The van der Waals surface area contributed by atoms with Crippen molar-refractivity contribution in [3.8, 4) is 11.3 Å². The second-order valence-corrected chi connectivity index (χ2v) is 7.89. The number of nitro groups is 1. The summed E-state index contributed by atoms with van der Waals surface area (Å²) in [4.78, 5) is 24.4. The minimum atomic E-state index is -0.485. The van der Waals surface area contributed by atoms with Crippen LogP contribution in [0.25, 0.3) is 22.0 Å². The van der Waals surface area contributed by atoms with Crippen LogP contribution in [-0.4, -0.2) is 33.8 Å². The molecule has 32 heavy (non-hydrogen) atoms. The second kappa shape index (κ2) is 9.11. The van der Waals surface area contributed by atoms with E-state index in [4.69, 9.17) is 0 Å². The number of halogens is 1. The molecule has 0 radical (unpaired) electrons. The Morgan fingerprint density at radius 1 is 1.00 bits per heavy atom. The van der Waals surface area contributed by atoms with Crippen molar-refractivity contribution in [1.29, 1.82) is 0 Å². The molecule has 0 fully saturated rings. The van der Waals surface area contributed by atoms with Gasteiger partial charge in [-0.05, 0) is 36.4 Å². The lowest BCUT2D eigenvalue weighted by molar-refractivity contribution is -0.384. The zero-order chi connectivity index (χ0) is 22.7. The fourth-order valence-electron chi connectivity index (χ4n) is 3.18. The fraction of sp³-hybridized carbons (Fsp3) is 0.0870. The first-order valence-corrected chi connectivity index (χ1v) is 10.6. The molecule has 0 aliphatic heterocycles. The minimum Gasteiger partial charge on any atom is -0.315 e. The highest BCUT2D eigenvalue weighted by Gasteiger charge is 2.16. The van der Waals surface area contributed by atoms with Gasteiger partial charge in [0.2, 0.25) is 5.91 Å². The van der Waals surface area contributed by atoms with E-state index < -0.39 is 4.92 Å². The number of benzene rings is 3. The summed E-state index contributed by atoms with van der Waals surface area (Å²) in [5, 5.41) is 21.8. The number of hydrogen-bond acceptors (Lipinski definition) is 6. The number of carbonyl (C=O) groups excluding carboxylic acids is 1. The van der Waals surface area contributed by atoms with Crippen LogP contribution in [0.2, 0.25) is 0 Å². The van der Waals surface area contributed by atoms with Crippen LogP contribution in [0.5, 0.6) is 0 Å². The van der Waals surface area contributed by atoms with Crippen LogP contribution < -0.4 is 4.90 Å². The van der Waals surface area contributed by atoms with E-state index in [2.05, 4.69) is 10.2 Å². The highest BCUT2D eigenvalue weighted by Crippen LogP contribution is 2.32. The van der Waals surface area contributed by atoms with E-state index in [1.807, 2.05) is 24.3 Å². The Balaban J connectivity index is 1.54. The Morgan fingerprint density at radius 3 is 2.31 bits per heavy atom. The molecule has 0 N–H and O–H groups in total. The molecule has 1 heterocycles. The summed E-state index contributed by atoms with van der Waals surface area (Å²) in [5.41, 5.74) is 1.91. The summed E-state index contributed by atoms with van der Waals surface area (Å²) in [6.07, 6.45) is 0. The number of thioether (sulfide) groups is 1. The number of non-ortho nitro benzene ring substituents is 1. The maximum absolute atomic E-state index is 13.3. The molecule has 160 valence electrons. The average molecular weight is 448 g/mol. The van der Waals surface area contributed by atoms with Gasteiger partial charge in [-0.25, -0.2) is 4.39 Å². The van der Waals surface area contributed by atoms with Gasteiger partial charge in [0.05, 0.1) is 10.7 Å². The molecule has 0 aliphatic rings. The number of fused-ring (bicyclic) bond motifs is 1. The number of carbonyl (C=O) groups is 1. The summed E-state index contributed by atoms with van der Waals surface area (Å²) in [5.74, 6) is -0.395. The molecule has 1 amide bonds. The lowest BCUT2D eigenvalue weighted by Gasteiger charge is -2.17. The molecule has 0 saturated heterocycles. The van der Waals surface area contributed by atoms with Gasteiger partial charge in [0.15, 0.2) is 0 Å². The maximum atomic E-state index is 13.3. The number of rotatable bonds is 6. The van der Waals surface area contributed by atoms with Crippen molar-refractivity contribution in [2.45, 2.75) is 5.03 Å². The monoisotopic (exact) mass is 448 g/mol. The Hall–Kier alpha value is -3.85. The molecular weight excluding hydrogens is 431 g/mol. The molecule has 0 spiro atoms. The van der Waals surface area contributed by atoms with Crippen LogP contribution in [0.4, 0.5) is 15.8 Å². The predicted molar refractivity (Wildman–Crippen MR) is 122 cm³/mol. The third kappa shape index (κ3) is 4.42. The van der Waals surface area contributed by atoms with Gasteiger partial charge in [-0.1, -0.05) is 36.0 Å². The molecule has 4 aromatic rings. The lowest BCUT2D eigenvalue weighted by atomic mass is 10.1. The molecule has 0 saturated carbocycles. The molecule has 7 nitrogen and oxygen atoms in total. The molecule has 3 aromatic carbocycles. The maximum Gasteiger partial charge on any atom is 0.269 e. The van der Waals surface area contributed by atoms with Gasteiger partial charge in [-0.15, -0.1) is 10.2 Å². The Kier molecular flexibility index (Phi) is 6.09. The second-order valence-electron chi connectivity index (χ2n) is 6.92. The van der Waals surface area contributed by atoms with E-state index in [1.54, 1.807) is 19.2 Å². The van der Waals surface area contributed by atoms with Gasteiger partial charge in [0.25, 0.3) is 5.69 Å². The smallest absolute Gasteiger partial charge is 0.269 e. The largest absolute Gasteiger partial charge is 0.315 e. The first-order valence-electron chi connectivity index (χ1n) is 9.59. The van der Waals surface area contributed by atoms with E-state index in [0.717, 1.165) is 16.3 Å². The van der Waals surface area contributed by atoms with Crippen molar-refractivity contribution in [1.82, 2.24) is 10.2 Å². The molecule has 4 rings (SSSR count). The van der Waals surface area contributed by atoms with Crippen LogP contribution >= 0.6 is 11.8 Å². The third-order valence-corrected chi connectivity index (χ3v) is 5.89. The summed E-state index contributed by atoms with van der Waals surface area (Å²) in [7, 11) is 1.62.